The molecule has 3 aliphatic carbocycles. The molecule has 6 atom stereocenters. The van der Waals surface area contributed by atoms with E-state index < -0.39 is 11.2 Å². The first-order valence-electron chi connectivity index (χ1n) is 7.38. The Kier molecular flexibility index (Phi) is 2.61. The van der Waals surface area contributed by atoms with Crippen LogP contribution in [0.15, 0.2) is 0 Å². The Morgan fingerprint density at radius 2 is 1.82 bits per heavy atom. The summed E-state index contributed by atoms with van der Waals surface area (Å²) in [5.41, 5.74) is -1.13. The lowest BCUT2D eigenvalue weighted by atomic mass is 9.50. The maximum Gasteiger partial charge on any atom is 0.0731 e. The molecule has 0 saturated heterocycles. The van der Waals surface area contributed by atoms with E-state index in [-0.39, 0.29) is 0 Å². The minimum absolute atomic E-state index is 0.362. The van der Waals surface area contributed by atoms with Crippen molar-refractivity contribution in [3.63, 3.8) is 0 Å². The summed E-state index contributed by atoms with van der Waals surface area (Å²) in [6.07, 6.45) is 7.13. The molecule has 2 heteroatoms. The van der Waals surface area contributed by atoms with Gasteiger partial charge in [0.1, 0.15) is 0 Å². The highest BCUT2D eigenvalue weighted by Gasteiger charge is 2.58. The Bertz CT molecular complexity index is 316. The molecule has 98 valence electrons. The first-order chi connectivity index (χ1) is 7.93. The second-order valence-electron chi connectivity index (χ2n) is 7.32. The second kappa shape index (κ2) is 3.71. The first-order valence-corrected chi connectivity index (χ1v) is 7.38. The van der Waals surface area contributed by atoms with Crippen molar-refractivity contribution in [3.05, 3.63) is 0 Å². The molecular formula is C15H26O2. The molecule has 2 N–H and O–H groups in total. The summed E-state index contributed by atoms with van der Waals surface area (Å²) in [6, 6.07) is 0. The van der Waals surface area contributed by atoms with E-state index in [0.29, 0.717) is 24.2 Å². The van der Waals surface area contributed by atoms with Crippen molar-refractivity contribution in [3.8, 4) is 0 Å². The van der Waals surface area contributed by atoms with E-state index in [2.05, 4.69) is 13.8 Å². The van der Waals surface area contributed by atoms with Crippen LogP contribution in [-0.2, 0) is 0 Å². The van der Waals surface area contributed by atoms with Gasteiger partial charge in [0.05, 0.1) is 11.2 Å². The molecule has 0 aromatic rings. The van der Waals surface area contributed by atoms with Gasteiger partial charge in [-0.15, -0.1) is 0 Å². The van der Waals surface area contributed by atoms with Gasteiger partial charge in [-0.2, -0.15) is 0 Å². The van der Waals surface area contributed by atoms with Crippen LogP contribution in [0.25, 0.3) is 0 Å². The summed E-state index contributed by atoms with van der Waals surface area (Å²) in [5, 5.41) is 21.7. The van der Waals surface area contributed by atoms with Crippen molar-refractivity contribution in [1.29, 1.82) is 0 Å². The summed E-state index contributed by atoms with van der Waals surface area (Å²) in [6.45, 7) is 4.50. The van der Waals surface area contributed by atoms with Gasteiger partial charge >= 0.3 is 0 Å². The fraction of sp³-hybridized carbons (Fsp3) is 1.00. The van der Waals surface area contributed by atoms with E-state index in [4.69, 9.17) is 0 Å². The lowest BCUT2D eigenvalue weighted by Gasteiger charge is -2.59. The minimum Gasteiger partial charge on any atom is -0.390 e. The third-order valence-electron chi connectivity index (χ3n) is 6.05. The van der Waals surface area contributed by atoms with E-state index >= 15 is 0 Å². The van der Waals surface area contributed by atoms with E-state index in [1.807, 2.05) is 0 Å². The van der Waals surface area contributed by atoms with Crippen molar-refractivity contribution in [2.45, 2.75) is 70.0 Å². The van der Waals surface area contributed by atoms with Crippen molar-refractivity contribution in [1.82, 2.24) is 0 Å². The zero-order valence-corrected chi connectivity index (χ0v) is 11.2. The van der Waals surface area contributed by atoms with E-state index in [9.17, 15) is 10.2 Å². The van der Waals surface area contributed by atoms with Gasteiger partial charge in [-0.05, 0) is 55.8 Å². The van der Waals surface area contributed by atoms with Gasteiger partial charge in [-0.25, -0.2) is 0 Å². The van der Waals surface area contributed by atoms with Crippen molar-refractivity contribution >= 4 is 0 Å². The largest absolute Gasteiger partial charge is 0.390 e. The molecule has 3 aliphatic rings. The van der Waals surface area contributed by atoms with Crippen LogP contribution in [0.2, 0.25) is 0 Å². The highest BCUT2D eigenvalue weighted by Crippen LogP contribution is 2.57. The quantitative estimate of drug-likeness (QED) is 0.681. The van der Waals surface area contributed by atoms with Crippen molar-refractivity contribution in [2.24, 2.45) is 23.7 Å². The summed E-state index contributed by atoms with van der Waals surface area (Å²) in [7, 11) is 0. The van der Waals surface area contributed by atoms with Gasteiger partial charge in [0, 0.05) is 6.42 Å². The monoisotopic (exact) mass is 238 g/mol. The van der Waals surface area contributed by atoms with E-state index in [1.165, 1.54) is 19.3 Å². The van der Waals surface area contributed by atoms with Crippen LogP contribution in [0.3, 0.4) is 0 Å². The summed E-state index contributed by atoms with van der Waals surface area (Å²) in [4.78, 5) is 0. The van der Waals surface area contributed by atoms with Crippen LogP contribution >= 0.6 is 0 Å². The number of hydrogen-bond acceptors (Lipinski definition) is 2. The standard InChI is InChI=1S/C15H26O2/c1-10-3-4-12-8-14(16)6-5-11(2)15(17,9-14)13(12)7-10/h10-13,16-17H,3-9H2,1-2H3. The number of aliphatic hydroxyl groups is 2. The zero-order chi connectivity index (χ0) is 12.3. The molecule has 0 aromatic carbocycles. The molecule has 0 spiro atoms. The van der Waals surface area contributed by atoms with Crippen molar-refractivity contribution < 1.29 is 10.2 Å². The second-order valence-corrected chi connectivity index (χ2v) is 7.32. The molecular weight excluding hydrogens is 212 g/mol. The van der Waals surface area contributed by atoms with Crippen LogP contribution in [-0.4, -0.2) is 21.4 Å². The summed E-state index contributed by atoms with van der Waals surface area (Å²) < 4.78 is 0. The van der Waals surface area contributed by atoms with Gasteiger partial charge in [0.15, 0.2) is 0 Å². The van der Waals surface area contributed by atoms with Crippen LogP contribution < -0.4 is 0 Å². The van der Waals surface area contributed by atoms with E-state index in [1.54, 1.807) is 0 Å². The Morgan fingerprint density at radius 3 is 2.59 bits per heavy atom. The molecule has 2 bridgehead atoms. The highest BCUT2D eigenvalue weighted by molar-refractivity contribution is 5.09. The zero-order valence-electron chi connectivity index (χ0n) is 11.2. The third kappa shape index (κ3) is 1.76. The molecule has 0 amide bonds. The average molecular weight is 238 g/mol. The average Bonchev–Trinajstić information content (AvgIpc) is 2.26. The van der Waals surface area contributed by atoms with Crippen molar-refractivity contribution in [2.75, 3.05) is 0 Å². The molecule has 3 fully saturated rings. The molecule has 0 aromatic heterocycles. The topological polar surface area (TPSA) is 40.5 Å². The fourth-order valence-corrected chi connectivity index (χ4v) is 4.98. The first kappa shape index (κ1) is 12.0. The smallest absolute Gasteiger partial charge is 0.0731 e. The van der Waals surface area contributed by atoms with Gasteiger partial charge in [-0.3, -0.25) is 0 Å². The summed E-state index contributed by atoms with van der Waals surface area (Å²) >= 11 is 0. The van der Waals surface area contributed by atoms with Gasteiger partial charge in [0.25, 0.3) is 0 Å². The van der Waals surface area contributed by atoms with Crippen LogP contribution in [0, 0.1) is 23.7 Å². The lowest BCUT2D eigenvalue weighted by Crippen LogP contribution is -2.62. The van der Waals surface area contributed by atoms with Gasteiger partial charge < -0.3 is 10.2 Å². The van der Waals surface area contributed by atoms with E-state index in [0.717, 1.165) is 25.2 Å². The third-order valence-corrected chi connectivity index (χ3v) is 6.05. The molecule has 0 heterocycles. The molecule has 3 rings (SSSR count). The number of rotatable bonds is 0. The Balaban J connectivity index is 1.93. The molecule has 0 aliphatic heterocycles. The maximum atomic E-state index is 11.1. The normalized spacial score (nSPS) is 58.6. The van der Waals surface area contributed by atoms with Gasteiger partial charge in [-0.1, -0.05) is 20.3 Å². The van der Waals surface area contributed by atoms with Crippen LogP contribution in [0.5, 0.6) is 0 Å². The van der Waals surface area contributed by atoms with Gasteiger partial charge in [0.2, 0.25) is 0 Å². The molecule has 0 radical (unpaired) electrons. The molecule has 6 unspecified atom stereocenters. The fourth-order valence-electron chi connectivity index (χ4n) is 4.98. The Hall–Kier alpha value is -0.0800. The Morgan fingerprint density at radius 1 is 1.06 bits per heavy atom. The SMILES string of the molecule is CC1CCC2CC3(O)CCC(C)C(O)(C3)C2C1. The molecule has 2 nitrogen and oxygen atoms in total. The predicted octanol–water partition coefficient (Wildman–Crippen LogP) is 2.72. The molecule has 17 heavy (non-hydrogen) atoms. The van der Waals surface area contributed by atoms with Crippen LogP contribution in [0.1, 0.15) is 58.8 Å². The number of fused-ring (bicyclic) bond motifs is 4. The van der Waals surface area contributed by atoms with Crippen LogP contribution in [0.4, 0.5) is 0 Å². The molecule has 3 saturated carbocycles. The predicted molar refractivity (Wildman–Crippen MR) is 67.5 cm³/mol. The number of hydrogen-bond donors (Lipinski definition) is 2. The Labute approximate surface area is 104 Å². The maximum absolute atomic E-state index is 11.1. The minimum atomic E-state index is -0.579. The highest BCUT2D eigenvalue weighted by atomic mass is 16.3. The summed E-state index contributed by atoms with van der Waals surface area (Å²) in [5.74, 6) is 2.13. The lowest BCUT2D eigenvalue weighted by molar-refractivity contribution is -0.218.